The number of carboxylic acid groups (broad SMARTS) is 1. The number of carbonyl (C=O) groups is 1. The number of alkyl halides is 1. The number of aromatic carboxylic acids is 1. The summed E-state index contributed by atoms with van der Waals surface area (Å²) in [6, 6.07) is 2.66. The van der Waals surface area contributed by atoms with Crippen molar-refractivity contribution in [3.05, 3.63) is 44.9 Å². The third kappa shape index (κ3) is 4.36. The topological polar surface area (TPSA) is 140 Å². The molecule has 0 bridgehead atoms. The molecule has 0 saturated heterocycles. The van der Waals surface area contributed by atoms with Crippen LogP contribution < -0.4 is 10.3 Å². The van der Waals surface area contributed by atoms with E-state index >= 15 is 0 Å². The minimum atomic E-state index is -4.67. The molecule has 0 spiro atoms. The number of aromatic nitrogens is 1. The van der Waals surface area contributed by atoms with Crippen LogP contribution in [-0.4, -0.2) is 78.0 Å². The molecule has 3 aliphatic heterocycles. The number of thioether (sulfide) groups is 1. The Morgan fingerprint density at radius 2 is 1.76 bits per heavy atom. The van der Waals surface area contributed by atoms with Crippen LogP contribution in [-0.2, 0) is 10.4 Å². The summed E-state index contributed by atoms with van der Waals surface area (Å²) in [6.07, 6.45) is 0. The molecule has 1 aromatic carbocycles. The zero-order chi connectivity index (χ0) is 24.2. The van der Waals surface area contributed by atoms with Crippen LogP contribution in [0.1, 0.15) is 15.7 Å². The summed E-state index contributed by atoms with van der Waals surface area (Å²) in [7, 11) is -2.62. The molecule has 4 heterocycles. The molecule has 14 heteroatoms. The van der Waals surface area contributed by atoms with Crippen molar-refractivity contribution in [1.29, 1.82) is 0 Å². The SMILES string of the molecule is CN1CC2=C(C1)CN(c1cc3c(cc1F)c(=O)c(C(=O)O)c1n3C(CF)S1)C2.O=S(=O)(O)O. The van der Waals surface area contributed by atoms with Crippen molar-refractivity contribution in [3.8, 4) is 0 Å². The zero-order valence-electron chi connectivity index (χ0n) is 17.2. The number of halogens is 2. The Morgan fingerprint density at radius 3 is 2.27 bits per heavy atom. The molecule has 3 N–H and O–H groups in total. The van der Waals surface area contributed by atoms with Crippen molar-refractivity contribution in [2.75, 3.05) is 44.8 Å². The summed E-state index contributed by atoms with van der Waals surface area (Å²) < 4.78 is 61.4. The van der Waals surface area contributed by atoms with Crippen LogP contribution in [0.15, 0.2) is 33.1 Å². The van der Waals surface area contributed by atoms with Crippen LogP contribution in [0.5, 0.6) is 0 Å². The quantitative estimate of drug-likeness (QED) is 0.420. The maximum absolute atomic E-state index is 14.9. The average molecular weight is 504 g/mol. The van der Waals surface area contributed by atoms with E-state index in [9.17, 15) is 23.5 Å². The van der Waals surface area contributed by atoms with E-state index in [2.05, 4.69) is 4.90 Å². The zero-order valence-corrected chi connectivity index (χ0v) is 18.8. The van der Waals surface area contributed by atoms with Crippen LogP contribution in [0.4, 0.5) is 14.5 Å². The number of likely N-dealkylation sites (N-methyl/N-ethyl adjacent to an activating group) is 1. The van der Waals surface area contributed by atoms with Crippen molar-refractivity contribution in [2.45, 2.75) is 10.4 Å². The lowest BCUT2D eigenvalue weighted by atomic mass is 10.1. The number of hydrogen-bond donors (Lipinski definition) is 3. The fourth-order valence-electron chi connectivity index (χ4n) is 4.40. The largest absolute Gasteiger partial charge is 0.477 e. The summed E-state index contributed by atoms with van der Waals surface area (Å²) in [5.41, 5.74) is 2.16. The van der Waals surface area contributed by atoms with Gasteiger partial charge in [-0.3, -0.25) is 18.8 Å². The minimum Gasteiger partial charge on any atom is -0.477 e. The van der Waals surface area contributed by atoms with Crippen LogP contribution in [0.2, 0.25) is 0 Å². The third-order valence-corrected chi connectivity index (χ3v) is 6.87. The van der Waals surface area contributed by atoms with Gasteiger partial charge < -0.3 is 14.6 Å². The van der Waals surface area contributed by atoms with Gasteiger partial charge in [0.2, 0.25) is 5.43 Å². The molecule has 33 heavy (non-hydrogen) atoms. The van der Waals surface area contributed by atoms with Crippen molar-refractivity contribution in [1.82, 2.24) is 9.47 Å². The predicted molar refractivity (Wildman–Crippen MR) is 117 cm³/mol. The van der Waals surface area contributed by atoms with E-state index in [4.69, 9.17) is 17.5 Å². The normalized spacial score (nSPS) is 19.8. The maximum Gasteiger partial charge on any atom is 0.394 e. The standard InChI is InChI=1S/C19H17F2N3O3S.H2O4S/c1-22-5-9-7-23(8-10(9)6-22)14-3-13-11(2-12(14)21)17(25)16(19(26)27)18-24(13)15(4-20)28-18;1-5(2,3)4/h2-3,15H,4-8H2,1H3,(H,26,27);(H2,1,2,3,4). The molecule has 3 aliphatic rings. The molecule has 0 aliphatic carbocycles. The Labute approximate surface area is 190 Å². The Balaban J connectivity index is 0.000000471. The number of benzene rings is 1. The summed E-state index contributed by atoms with van der Waals surface area (Å²) in [4.78, 5) is 28.3. The molecular formula is C19H19F2N3O7S2. The molecule has 0 fully saturated rings. The number of fused-ring (bicyclic) bond motifs is 3. The Hall–Kier alpha value is -2.52. The number of hydrogen-bond acceptors (Lipinski definition) is 7. The lowest BCUT2D eigenvalue weighted by Crippen LogP contribution is -2.31. The molecule has 2 aromatic rings. The van der Waals surface area contributed by atoms with Crippen molar-refractivity contribution < 1.29 is 36.2 Å². The fourth-order valence-corrected chi connectivity index (χ4v) is 5.52. The van der Waals surface area contributed by atoms with Gasteiger partial charge in [0.15, 0.2) is 0 Å². The first kappa shape index (κ1) is 23.6. The van der Waals surface area contributed by atoms with Crippen molar-refractivity contribution >= 4 is 44.7 Å². The molecule has 1 unspecified atom stereocenters. The number of rotatable bonds is 3. The monoisotopic (exact) mass is 503 g/mol. The Morgan fingerprint density at radius 1 is 1.18 bits per heavy atom. The van der Waals surface area contributed by atoms with E-state index in [1.807, 2.05) is 11.9 Å². The van der Waals surface area contributed by atoms with Crippen LogP contribution in [0.3, 0.4) is 0 Å². The molecule has 0 amide bonds. The molecule has 1 aromatic heterocycles. The summed E-state index contributed by atoms with van der Waals surface area (Å²) in [5, 5.41) is 9.00. The van der Waals surface area contributed by atoms with Gasteiger partial charge in [0.05, 0.1) is 16.2 Å². The van der Waals surface area contributed by atoms with E-state index in [-0.39, 0.29) is 10.4 Å². The van der Waals surface area contributed by atoms with E-state index in [1.54, 1.807) is 6.07 Å². The maximum atomic E-state index is 14.9. The van der Waals surface area contributed by atoms with Gasteiger partial charge in [0.25, 0.3) is 0 Å². The van der Waals surface area contributed by atoms with Gasteiger partial charge in [0, 0.05) is 31.6 Å². The highest BCUT2D eigenvalue weighted by molar-refractivity contribution is 8.00. The fraction of sp³-hybridized carbons (Fsp3) is 0.368. The summed E-state index contributed by atoms with van der Waals surface area (Å²) >= 11 is 1.03. The molecule has 178 valence electrons. The third-order valence-electron chi connectivity index (χ3n) is 5.64. The van der Waals surface area contributed by atoms with Gasteiger partial charge in [0.1, 0.15) is 23.4 Å². The smallest absolute Gasteiger partial charge is 0.394 e. The minimum absolute atomic E-state index is 0.0272. The molecule has 0 radical (unpaired) electrons. The van der Waals surface area contributed by atoms with Gasteiger partial charge in [-0.1, -0.05) is 11.8 Å². The van der Waals surface area contributed by atoms with Crippen LogP contribution in [0.25, 0.3) is 10.9 Å². The number of pyridine rings is 1. The summed E-state index contributed by atoms with van der Waals surface area (Å²) in [6.45, 7) is 2.26. The second-order valence-electron chi connectivity index (χ2n) is 7.92. The van der Waals surface area contributed by atoms with E-state index in [0.29, 0.717) is 24.3 Å². The second-order valence-corrected chi connectivity index (χ2v) is 9.98. The van der Waals surface area contributed by atoms with Gasteiger partial charge in [-0.15, -0.1) is 0 Å². The average Bonchev–Trinajstić information content (AvgIpc) is 3.20. The molecule has 0 saturated carbocycles. The van der Waals surface area contributed by atoms with Gasteiger partial charge >= 0.3 is 16.4 Å². The lowest BCUT2D eigenvalue weighted by molar-refractivity contribution is 0.0689. The summed E-state index contributed by atoms with van der Waals surface area (Å²) in [5.74, 6) is -1.95. The van der Waals surface area contributed by atoms with E-state index < -0.39 is 45.2 Å². The lowest BCUT2D eigenvalue weighted by Gasteiger charge is -2.34. The first-order valence-corrected chi connectivity index (χ1v) is 11.9. The van der Waals surface area contributed by atoms with Crippen LogP contribution >= 0.6 is 11.8 Å². The molecule has 1 atom stereocenters. The Kier molecular flexibility index (Phi) is 5.99. The highest BCUT2D eigenvalue weighted by atomic mass is 32.3. The van der Waals surface area contributed by atoms with E-state index in [1.165, 1.54) is 15.7 Å². The Bertz CT molecular complexity index is 1350. The molecule has 10 nitrogen and oxygen atoms in total. The van der Waals surface area contributed by atoms with Gasteiger partial charge in [-0.05, 0) is 30.3 Å². The molecular weight excluding hydrogens is 484 g/mol. The van der Waals surface area contributed by atoms with Crippen molar-refractivity contribution in [3.63, 3.8) is 0 Å². The first-order chi connectivity index (χ1) is 15.4. The molecule has 5 rings (SSSR count). The predicted octanol–water partition coefficient (Wildman–Crippen LogP) is 1.82. The van der Waals surface area contributed by atoms with Crippen molar-refractivity contribution in [2.24, 2.45) is 0 Å². The highest BCUT2D eigenvalue weighted by Crippen LogP contribution is 2.47. The van der Waals surface area contributed by atoms with Gasteiger partial charge in [-0.2, -0.15) is 8.42 Å². The number of anilines is 1. The number of nitrogens with zero attached hydrogens (tertiary/aromatic N) is 3. The second kappa shape index (κ2) is 8.36. The number of carboxylic acids is 1. The van der Waals surface area contributed by atoms with E-state index in [0.717, 1.165) is 30.9 Å². The van der Waals surface area contributed by atoms with Gasteiger partial charge in [-0.25, -0.2) is 13.6 Å². The highest BCUT2D eigenvalue weighted by Gasteiger charge is 2.36. The van der Waals surface area contributed by atoms with Crippen LogP contribution in [0, 0.1) is 5.82 Å². The first-order valence-electron chi connectivity index (χ1n) is 9.59.